The molecular weight excluding hydrogens is 370 g/mol. The van der Waals surface area contributed by atoms with Crippen molar-refractivity contribution >= 4 is 17.4 Å². The molecule has 0 radical (unpaired) electrons. The van der Waals surface area contributed by atoms with Gasteiger partial charge in [0.05, 0.1) is 12.5 Å². The minimum absolute atomic E-state index is 0.114. The molecule has 8 nitrogen and oxygen atoms in total. The van der Waals surface area contributed by atoms with Crippen molar-refractivity contribution in [3.05, 3.63) is 29.2 Å². The number of carbonyl (C=O) groups excluding carboxylic acids is 1. The van der Waals surface area contributed by atoms with Gasteiger partial charge in [0.1, 0.15) is 23.0 Å². The molecule has 1 atom stereocenters. The van der Waals surface area contributed by atoms with Crippen molar-refractivity contribution in [3.8, 4) is 11.4 Å². The molecule has 0 saturated carbocycles. The zero-order chi connectivity index (χ0) is 20.5. The van der Waals surface area contributed by atoms with Gasteiger partial charge in [-0.25, -0.2) is 4.98 Å². The summed E-state index contributed by atoms with van der Waals surface area (Å²) in [6.45, 7) is 9.77. The summed E-state index contributed by atoms with van der Waals surface area (Å²) in [4.78, 5) is 19.4. The second kappa shape index (κ2) is 7.85. The summed E-state index contributed by atoms with van der Waals surface area (Å²) in [5.41, 5.74) is 4.31. The van der Waals surface area contributed by atoms with Gasteiger partial charge in [-0.15, -0.1) is 0 Å². The Morgan fingerprint density at radius 3 is 2.79 bits per heavy atom. The van der Waals surface area contributed by atoms with Crippen LogP contribution in [-0.4, -0.2) is 45.4 Å². The molecule has 29 heavy (non-hydrogen) atoms. The van der Waals surface area contributed by atoms with Crippen molar-refractivity contribution < 1.29 is 14.1 Å². The molecule has 154 valence electrons. The fourth-order valence-corrected chi connectivity index (χ4v) is 4.11. The molecule has 0 aromatic carbocycles. The van der Waals surface area contributed by atoms with Crippen molar-refractivity contribution in [1.82, 2.24) is 19.8 Å². The molecule has 4 heterocycles. The van der Waals surface area contributed by atoms with Gasteiger partial charge in [0.2, 0.25) is 0 Å². The van der Waals surface area contributed by atoms with Gasteiger partial charge in [0, 0.05) is 36.5 Å². The van der Waals surface area contributed by atoms with Gasteiger partial charge in [-0.05, 0) is 40.0 Å². The van der Waals surface area contributed by atoms with Gasteiger partial charge in [-0.1, -0.05) is 12.1 Å². The lowest BCUT2D eigenvalue weighted by Crippen LogP contribution is -2.41. The Hall–Kier alpha value is -2.90. The third kappa shape index (κ3) is 3.59. The lowest BCUT2D eigenvalue weighted by atomic mass is 9.97. The highest BCUT2D eigenvalue weighted by Gasteiger charge is 2.30. The molecule has 4 rings (SSSR count). The van der Waals surface area contributed by atoms with E-state index < -0.39 is 0 Å². The van der Waals surface area contributed by atoms with Crippen LogP contribution in [0.2, 0.25) is 0 Å². The number of esters is 1. The monoisotopic (exact) mass is 397 g/mol. The Morgan fingerprint density at radius 2 is 2.10 bits per heavy atom. The minimum Gasteiger partial charge on any atom is -0.466 e. The Labute approximate surface area is 169 Å². The van der Waals surface area contributed by atoms with Crippen LogP contribution in [0, 0.1) is 19.8 Å². The molecule has 8 heteroatoms. The molecule has 1 aliphatic heterocycles. The van der Waals surface area contributed by atoms with E-state index in [-0.39, 0.29) is 11.9 Å². The zero-order valence-corrected chi connectivity index (χ0v) is 17.4. The Bertz CT molecular complexity index is 1040. The van der Waals surface area contributed by atoms with Gasteiger partial charge >= 0.3 is 5.97 Å². The molecule has 1 aliphatic rings. The number of aromatic nitrogens is 4. The number of piperidine rings is 1. The lowest BCUT2D eigenvalue weighted by molar-refractivity contribution is -0.148. The number of hydrogen-bond donors (Lipinski definition) is 0. The first kappa shape index (κ1) is 19.4. The van der Waals surface area contributed by atoms with Crippen molar-refractivity contribution in [2.75, 3.05) is 24.6 Å². The molecule has 0 spiro atoms. The Morgan fingerprint density at radius 1 is 1.28 bits per heavy atom. The fraction of sp³-hybridized carbons (Fsp3) is 0.524. The van der Waals surface area contributed by atoms with Crippen LogP contribution in [0.4, 0.5) is 5.82 Å². The zero-order valence-electron chi connectivity index (χ0n) is 17.4. The number of fused-ring (bicyclic) bond motifs is 1. The molecule has 0 amide bonds. The van der Waals surface area contributed by atoms with Crippen molar-refractivity contribution in [1.29, 1.82) is 0 Å². The van der Waals surface area contributed by atoms with Crippen LogP contribution < -0.4 is 4.90 Å². The molecular formula is C21H27N5O3. The summed E-state index contributed by atoms with van der Waals surface area (Å²) >= 11 is 0. The predicted molar refractivity (Wildman–Crippen MR) is 109 cm³/mol. The van der Waals surface area contributed by atoms with E-state index in [1.807, 2.05) is 37.4 Å². The molecule has 1 unspecified atom stereocenters. The minimum atomic E-state index is -0.120. The van der Waals surface area contributed by atoms with Crippen LogP contribution in [0.3, 0.4) is 0 Å². The van der Waals surface area contributed by atoms with Crippen LogP contribution in [0.5, 0.6) is 0 Å². The largest absolute Gasteiger partial charge is 0.466 e. The number of rotatable bonds is 5. The van der Waals surface area contributed by atoms with Crippen LogP contribution in [0.25, 0.3) is 17.0 Å². The summed E-state index contributed by atoms with van der Waals surface area (Å²) in [6, 6.07) is 3.80. The Balaban J connectivity index is 1.79. The molecule has 3 aromatic heterocycles. The average Bonchev–Trinajstić information content (AvgIpc) is 3.33. The molecule has 1 saturated heterocycles. The number of aryl methyl sites for hydroxylation is 2. The fourth-order valence-electron chi connectivity index (χ4n) is 4.11. The standard InChI is InChI=1S/C21H27N5O3/c1-5-16-14(4)22-19-11-17(18-10-13(3)29-24-18)23-26(19)20(16)25-9-7-8-15(12-25)21(27)28-6-2/h10-11,15H,5-9,12H2,1-4H3. The predicted octanol–water partition coefficient (Wildman–Crippen LogP) is 3.34. The van der Waals surface area contributed by atoms with Crippen LogP contribution >= 0.6 is 0 Å². The lowest BCUT2D eigenvalue weighted by Gasteiger charge is -2.34. The second-order valence-corrected chi connectivity index (χ2v) is 7.51. The maximum absolute atomic E-state index is 12.3. The van der Waals surface area contributed by atoms with Crippen LogP contribution in [-0.2, 0) is 16.0 Å². The smallest absolute Gasteiger partial charge is 0.310 e. The first-order chi connectivity index (χ1) is 14.0. The number of ether oxygens (including phenoxy) is 1. The third-order valence-electron chi connectivity index (χ3n) is 5.46. The molecule has 0 aliphatic carbocycles. The van der Waals surface area contributed by atoms with Gasteiger partial charge in [0.15, 0.2) is 5.65 Å². The third-order valence-corrected chi connectivity index (χ3v) is 5.46. The van der Waals surface area contributed by atoms with E-state index in [1.54, 1.807) is 0 Å². The van der Waals surface area contributed by atoms with E-state index in [1.165, 1.54) is 0 Å². The maximum Gasteiger partial charge on any atom is 0.310 e. The highest BCUT2D eigenvalue weighted by molar-refractivity contribution is 5.74. The summed E-state index contributed by atoms with van der Waals surface area (Å²) in [5.74, 6) is 1.51. The summed E-state index contributed by atoms with van der Waals surface area (Å²) in [7, 11) is 0. The van der Waals surface area contributed by atoms with E-state index in [2.05, 4.69) is 17.0 Å². The highest BCUT2D eigenvalue weighted by atomic mass is 16.5. The molecule has 0 N–H and O–H groups in total. The summed E-state index contributed by atoms with van der Waals surface area (Å²) < 4.78 is 12.4. The van der Waals surface area contributed by atoms with E-state index >= 15 is 0 Å². The van der Waals surface area contributed by atoms with E-state index in [0.717, 1.165) is 60.0 Å². The topological polar surface area (TPSA) is 85.8 Å². The van der Waals surface area contributed by atoms with Crippen molar-refractivity contribution in [2.45, 2.75) is 47.0 Å². The number of nitrogens with zero attached hydrogens (tertiary/aromatic N) is 5. The van der Waals surface area contributed by atoms with Crippen molar-refractivity contribution in [3.63, 3.8) is 0 Å². The summed E-state index contributed by atoms with van der Waals surface area (Å²) in [5, 5.41) is 8.89. The molecule has 0 bridgehead atoms. The maximum atomic E-state index is 12.3. The number of hydrogen-bond acceptors (Lipinski definition) is 7. The van der Waals surface area contributed by atoms with E-state index in [9.17, 15) is 4.79 Å². The number of anilines is 1. The van der Waals surface area contributed by atoms with Gasteiger partial charge in [0.25, 0.3) is 0 Å². The van der Waals surface area contributed by atoms with Crippen LogP contribution in [0.15, 0.2) is 16.7 Å². The van der Waals surface area contributed by atoms with E-state index in [0.29, 0.717) is 18.8 Å². The SMILES string of the molecule is CCOC(=O)C1CCCN(c2c(CC)c(C)nc3cc(-c4cc(C)on4)nn23)C1. The van der Waals surface area contributed by atoms with Gasteiger partial charge in [-0.3, -0.25) is 4.79 Å². The normalized spacial score (nSPS) is 17.1. The quantitative estimate of drug-likeness (QED) is 0.610. The summed E-state index contributed by atoms with van der Waals surface area (Å²) in [6.07, 6.45) is 2.63. The molecule has 1 fully saturated rings. The molecule has 3 aromatic rings. The number of carbonyl (C=O) groups is 1. The first-order valence-corrected chi connectivity index (χ1v) is 10.3. The van der Waals surface area contributed by atoms with Gasteiger partial charge in [-0.2, -0.15) is 9.61 Å². The van der Waals surface area contributed by atoms with Crippen molar-refractivity contribution in [2.24, 2.45) is 5.92 Å². The van der Waals surface area contributed by atoms with E-state index in [4.69, 9.17) is 19.3 Å². The second-order valence-electron chi connectivity index (χ2n) is 7.51. The van der Waals surface area contributed by atoms with Gasteiger partial charge < -0.3 is 14.2 Å². The van der Waals surface area contributed by atoms with Crippen LogP contribution in [0.1, 0.15) is 43.7 Å². The first-order valence-electron chi connectivity index (χ1n) is 10.3. The average molecular weight is 397 g/mol. The Kier molecular flexibility index (Phi) is 5.25. The highest BCUT2D eigenvalue weighted by Crippen LogP contribution is 2.31.